The molecule has 0 aliphatic carbocycles. The summed E-state index contributed by atoms with van der Waals surface area (Å²) in [6, 6.07) is 0. The van der Waals surface area contributed by atoms with Gasteiger partial charge in [0.25, 0.3) is 0 Å². The van der Waals surface area contributed by atoms with Gasteiger partial charge >= 0.3 is 11.9 Å². The van der Waals surface area contributed by atoms with Gasteiger partial charge in [0.05, 0.1) is 13.1 Å². The van der Waals surface area contributed by atoms with E-state index in [1.807, 2.05) is 41.5 Å². The summed E-state index contributed by atoms with van der Waals surface area (Å²) < 4.78 is 10.5. The second-order valence-electron chi connectivity index (χ2n) is 6.57. The number of carbonyl (C=O) groups is 2. The minimum atomic E-state index is -0.525. The van der Waals surface area contributed by atoms with Gasteiger partial charge in [-0.2, -0.15) is 0 Å². The Morgan fingerprint density at radius 1 is 0.900 bits per heavy atom. The molecule has 0 aromatic carbocycles. The Balaban J connectivity index is 4.43. The molecule has 5 nitrogen and oxygen atoms in total. The fourth-order valence-corrected chi connectivity index (χ4v) is 1.95. The first kappa shape index (κ1) is 19.4. The maximum absolute atomic E-state index is 11.8. The van der Waals surface area contributed by atoms with Crippen LogP contribution in [0.5, 0.6) is 0 Å². The van der Waals surface area contributed by atoms with Gasteiger partial charge in [0, 0.05) is 11.9 Å². The smallest absolute Gasteiger partial charge is 0.320 e. The number of carbonyl (C=O) groups excluding carboxylic acids is 2. The van der Waals surface area contributed by atoms with Crippen LogP contribution in [0.15, 0.2) is 0 Å². The van der Waals surface area contributed by atoms with Crippen molar-refractivity contribution in [1.29, 1.82) is 0 Å². The summed E-state index contributed by atoms with van der Waals surface area (Å²) in [4.78, 5) is 25.3. The first-order valence-corrected chi connectivity index (χ1v) is 7.77. The average molecular weight is 352 g/mol. The lowest BCUT2D eigenvalue weighted by molar-refractivity contribution is -0.159. The van der Waals surface area contributed by atoms with Crippen LogP contribution in [0.3, 0.4) is 0 Å². The van der Waals surface area contributed by atoms with E-state index >= 15 is 0 Å². The van der Waals surface area contributed by atoms with Crippen LogP contribution in [-0.4, -0.2) is 53.0 Å². The van der Waals surface area contributed by atoms with Crippen LogP contribution in [0.4, 0.5) is 0 Å². The second kappa shape index (κ2) is 7.98. The van der Waals surface area contributed by atoms with Crippen molar-refractivity contribution in [3.05, 3.63) is 0 Å². The van der Waals surface area contributed by atoms with Crippen molar-refractivity contribution in [1.82, 2.24) is 4.90 Å². The zero-order valence-electron chi connectivity index (χ0n) is 13.3. The van der Waals surface area contributed by atoms with E-state index in [0.29, 0.717) is 11.9 Å². The normalized spacial score (nSPS) is 12.4. The summed E-state index contributed by atoms with van der Waals surface area (Å²) in [6.45, 7) is 11.6. The van der Waals surface area contributed by atoms with Crippen LogP contribution < -0.4 is 0 Å². The molecular weight excluding hydrogens is 326 g/mol. The highest BCUT2D eigenvalue weighted by molar-refractivity contribution is 9.09. The Labute approximate surface area is 130 Å². The molecule has 0 bridgehead atoms. The Bertz CT molecular complexity index is 301. The number of halogens is 1. The van der Waals surface area contributed by atoms with E-state index in [1.54, 1.807) is 4.90 Å². The van der Waals surface area contributed by atoms with Crippen LogP contribution in [0, 0.1) is 0 Å². The number of esters is 2. The topological polar surface area (TPSA) is 55.8 Å². The molecule has 0 spiro atoms. The summed E-state index contributed by atoms with van der Waals surface area (Å²) in [5.74, 6) is -0.691. The molecule has 0 amide bonds. The number of hydrogen-bond acceptors (Lipinski definition) is 5. The van der Waals surface area contributed by atoms with Crippen molar-refractivity contribution < 1.29 is 19.1 Å². The third-order valence-electron chi connectivity index (χ3n) is 1.95. The van der Waals surface area contributed by atoms with Crippen molar-refractivity contribution in [2.75, 3.05) is 25.0 Å². The molecule has 0 aromatic heterocycles. The lowest BCUT2D eigenvalue weighted by Crippen LogP contribution is -2.40. The van der Waals surface area contributed by atoms with Gasteiger partial charge < -0.3 is 9.47 Å². The second-order valence-corrected chi connectivity index (χ2v) is 7.37. The van der Waals surface area contributed by atoms with Crippen LogP contribution in [0.2, 0.25) is 0 Å². The summed E-state index contributed by atoms with van der Waals surface area (Å²) in [5, 5.41) is 0.665. The van der Waals surface area contributed by atoms with Crippen molar-refractivity contribution in [2.45, 2.75) is 52.7 Å². The lowest BCUT2D eigenvalue weighted by Gasteiger charge is -2.25. The van der Waals surface area contributed by atoms with E-state index in [2.05, 4.69) is 15.9 Å². The highest BCUT2D eigenvalue weighted by Gasteiger charge is 2.22. The van der Waals surface area contributed by atoms with E-state index in [0.717, 1.165) is 0 Å². The van der Waals surface area contributed by atoms with Gasteiger partial charge in [-0.1, -0.05) is 15.9 Å². The number of hydrogen-bond donors (Lipinski definition) is 0. The van der Waals surface area contributed by atoms with E-state index in [1.165, 1.54) is 0 Å². The van der Waals surface area contributed by atoms with Crippen molar-refractivity contribution in [2.24, 2.45) is 0 Å². The molecule has 118 valence electrons. The average Bonchev–Trinajstić information content (AvgIpc) is 2.10. The molecule has 0 aliphatic rings. The number of ether oxygens (including phenoxy) is 2. The lowest BCUT2D eigenvalue weighted by atomic mass is 10.2. The Morgan fingerprint density at radius 3 is 1.50 bits per heavy atom. The molecule has 0 unspecified atom stereocenters. The van der Waals surface area contributed by atoms with Gasteiger partial charge in [-0.25, -0.2) is 0 Å². The SMILES string of the molecule is CC(C)(C)OC(=O)CN(CCBr)CC(=O)OC(C)(C)C. The molecule has 0 fully saturated rings. The Kier molecular flexibility index (Phi) is 7.73. The van der Waals surface area contributed by atoms with Gasteiger partial charge in [0.15, 0.2) is 0 Å². The van der Waals surface area contributed by atoms with Gasteiger partial charge in [-0.05, 0) is 41.5 Å². The van der Waals surface area contributed by atoms with E-state index < -0.39 is 11.2 Å². The van der Waals surface area contributed by atoms with Crippen LogP contribution in [0.1, 0.15) is 41.5 Å². The fourth-order valence-electron chi connectivity index (χ4n) is 1.45. The third-order valence-corrected chi connectivity index (χ3v) is 2.30. The molecule has 0 saturated heterocycles. The molecule has 6 heteroatoms. The maximum atomic E-state index is 11.8. The molecule has 0 aromatic rings. The van der Waals surface area contributed by atoms with Crippen molar-refractivity contribution in [3.63, 3.8) is 0 Å². The molecule has 0 rings (SSSR count). The van der Waals surface area contributed by atoms with Gasteiger partial charge in [0.1, 0.15) is 11.2 Å². The zero-order chi connectivity index (χ0) is 16.0. The quantitative estimate of drug-likeness (QED) is 0.543. The maximum Gasteiger partial charge on any atom is 0.320 e. The summed E-state index contributed by atoms with van der Waals surface area (Å²) in [5.41, 5.74) is -1.05. The molecule has 0 aliphatic heterocycles. The van der Waals surface area contributed by atoms with Crippen LogP contribution in [-0.2, 0) is 19.1 Å². The third kappa shape index (κ3) is 11.2. The van der Waals surface area contributed by atoms with Crippen molar-refractivity contribution >= 4 is 27.9 Å². The predicted molar refractivity (Wildman–Crippen MR) is 81.9 cm³/mol. The molecule has 20 heavy (non-hydrogen) atoms. The molecular formula is C14H26BrNO4. The van der Waals surface area contributed by atoms with E-state index in [9.17, 15) is 9.59 Å². The van der Waals surface area contributed by atoms with Crippen LogP contribution >= 0.6 is 15.9 Å². The molecule has 0 saturated carbocycles. The monoisotopic (exact) mass is 351 g/mol. The minimum Gasteiger partial charge on any atom is -0.459 e. The zero-order valence-corrected chi connectivity index (χ0v) is 14.9. The molecule has 0 heterocycles. The van der Waals surface area contributed by atoms with Crippen LogP contribution in [0.25, 0.3) is 0 Å². The fraction of sp³-hybridized carbons (Fsp3) is 0.857. The largest absolute Gasteiger partial charge is 0.459 e. The summed E-state index contributed by atoms with van der Waals surface area (Å²) >= 11 is 3.31. The first-order chi connectivity index (χ1) is 8.93. The number of alkyl halides is 1. The predicted octanol–water partition coefficient (Wildman–Crippen LogP) is 2.37. The van der Waals surface area contributed by atoms with E-state index in [-0.39, 0.29) is 25.0 Å². The molecule has 0 radical (unpaired) electrons. The van der Waals surface area contributed by atoms with Crippen molar-refractivity contribution in [3.8, 4) is 0 Å². The summed E-state index contributed by atoms with van der Waals surface area (Å²) in [7, 11) is 0. The molecule has 0 atom stereocenters. The minimum absolute atomic E-state index is 0.0715. The summed E-state index contributed by atoms with van der Waals surface area (Å²) in [6.07, 6.45) is 0. The Hall–Kier alpha value is -0.620. The first-order valence-electron chi connectivity index (χ1n) is 6.65. The molecule has 0 N–H and O–H groups in total. The van der Waals surface area contributed by atoms with Gasteiger partial charge in [0.2, 0.25) is 0 Å². The van der Waals surface area contributed by atoms with Gasteiger partial charge in [-0.3, -0.25) is 14.5 Å². The van der Waals surface area contributed by atoms with Gasteiger partial charge in [-0.15, -0.1) is 0 Å². The Morgan fingerprint density at radius 2 is 1.25 bits per heavy atom. The standard InChI is InChI=1S/C14H26BrNO4/c1-13(2,3)19-11(17)9-16(8-7-15)10-12(18)20-14(4,5)6/h7-10H2,1-6H3. The highest BCUT2D eigenvalue weighted by atomic mass is 79.9. The van der Waals surface area contributed by atoms with E-state index in [4.69, 9.17) is 9.47 Å². The number of nitrogens with zero attached hydrogens (tertiary/aromatic N) is 1. The number of rotatable bonds is 6. The highest BCUT2D eigenvalue weighted by Crippen LogP contribution is 2.09.